The summed E-state index contributed by atoms with van der Waals surface area (Å²) >= 11 is 0. The van der Waals surface area contributed by atoms with Gasteiger partial charge < -0.3 is 25.8 Å². The molecule has 4 fully saturated rings. The van der Waals surface area contributed by atoms with Crippen LogP contribution in [0.3, 0.4) is 0 Å². The topological polar surface area (TPSA) is 81.2 Å². The summed E-state index contributed by atoms with van der Waals surface area (Å²) in [6.45, 7) is 51.1. The van der Waals surface area contributed by atoms with Crippen molar-refractivity contribution in [2.75, 3.05) is 41.3 Å². The monoisotopic (exact) mass is 989 g/mol. The van der Waals surface area contributed by atoms with Crippen LogP contribution in [-0.4, -0.2) is 70.8 Å². The van der Waals surface area contributed by atoms with Crippen molar-refractivity contribution in [1.82, 2.24) is 25.6 Å². The SMILES string of the molecule is CCCCCC(C)(C)Nc1nc(N(CCCCCCNC2CC(C)(C)CC(C)(C)C2)C2CC(C)(C)CC(C)(C)C2)nc(N(CCCCCCNC2CC(C)(C)CC(C)(C)C2)C2CC(C)(C)CC(C)(C)C2)n1. The van der Waals surface area contributed by atoms with Crippen molar-refractivity contribution in [1.29, 1.82) is 0 Å². The first-order chi connectivity index (χ1) is 32.7. The second-order valence-electron chi connectivity index (χ2n) is 32.2. The fraction of sp³-hybridized carbons (Fsp3) is 0.952. The maximum Gasteiger partial charge on any atom is 0.232 e. The number of rotatable bonds is 26. The molecule has 3 N–H and O–H groups in total. The lowest BCUT2D eigenvalue weighted by Gasteiger charge is -2.49. The number of anilines is 3. The molecule has 4 aliphatic rings. The van der Waals surface area contributed by atoms with Gasteiger partial charge in [-0.05, 0) is 179 Å². The maximum absolute atomic E-state index is 5.76. The third-order valence-electron chi connectivity index (χ3n) is 17.6. The van der Waals surface area contributed by atoms with Crippen molar-refractivity contribution in [2.45, 2.75) is 315 Å². The summed E-state index contributed by atoms with van der Waals surface area (Å²) in [7, 11) is 0. The molecule has 8 nitrogen and oxygen atoms in total. The van der Waals surface area contributed by atoms with Crippen LogP contribution in [0.15, 0.2) is 0 Å². The van der Waals surface area contributed by atoms with Gasteiger partial charge in [0.2, 0.25) is 17.8 Å². The fourth-order valence-electron chi connectivity index (χ4n) is 16.9. The van der Waals surface area contributed by atoms with Crippen LogP contribution in [0.5, 0.6) is 0 Å². The maximum atomic E-state index is 5.76. The summed E-state index contributed by atoms with van der Waals surface area (Å²) < 4.78 is 0. The van der Waals surface area contributed by atoms with Gasteiger partial charge in [-0.3, -0.25) is 0 Å². The molecule has 0 aromatic carbocycles. The number of unbranched alkanes of at least 4 members (excludes halogenated alkanes) is 8. The first-order valence-corrected chi connectivity index (χ1v) is 30.2. The lowest BCUT2D eigenvalue weighted by molar-refractivity contribution is 0.0846. The second-order valence-corrected chi connectivity index (χ2v) is 32.2. The molecule has 0 atom stereocenters. The molecule has 4 saturated carbocycles. The minimum atomic E-state index is -0.126. The summed E-state index contributed by atoms with van der Waals surface area (Å²) in [6, 6.07) is 2.04. The highest BCUT2D eigenvalue weighted by molar-refractivity contribution is 5.48. The van der Waals surface area contributed by atoms with Gasteiger partial charge in [0, 0.05) is 42.8 Å². The summed E-state index contributed by atoms with van der Waals surface area (Å²) in [4.78, 5) is 22.2. The zero-order chi connectivity index (χ0) is 52.7. The van der Waals surface area contributed by atoms with Gasteiger partial charge >= 0.3 is 0 Å². The van der Waals surface area contributed by atoms with Gasteiger partial charge in [0.1, 0.15) is 0 Å². The Balaban J connectivity index is 1.40. The van der Waals surface area contributed by atoms with Crippen LogP contribution in [0.25, 0.3) is 0 Å². The van der Waals surface area contributed by atoms with Crippen LogP contribution in [0.2, 0.25) is 0 Å². The smallest absolute Gasteiger partial charge is 0.232 e. The molecule has 71 heavy (non-hydrogen) atoms. The summed E-state index contributed by atoms with van der Waals surface area (Å²) in [5.41, 5.74) is 2.56. The Labute approximate surface area is 441 Å². The number of aromatic nitrogens is 3. The Hall–Kier alpha value is -1.67. The van der Waals surface area contributed by atoms with E-state index in [0.717, 1.165) is 63.3 Å². The number of hydrogen-bond donors (Lipinski definition) is 3. The molecule has 0 aliphatic heterocycles. The van der Waals surface area contributed by atoms with Crippen molar-refractivity contribution in [3.05, 3.63) is 0 Å². The summed E-state index contributed by atoms with van der Waals surface area (Å²) in [6.07, 6.45) is 29.6. The predicted molar refractivity (Wildman–Crippen MR) is 310 cm³/mol. The van der Waals surface area contributed by atoms with Gasteiger partial charge in [0.25, 0.3) is 0 Å². The van der Waals surface area contributed by atoms with E-state index < -0.39 is 0 Å². The van der Waals surface area contributed by atoms with Gasteiger partial charge in [0.15, 0.2) is 0 Å². The van der Waals surface area contributed by atoms with Crippen LogP contribution < -0.4 is 25.8 Å². The molecule has 0 bridgehead atoms. The molecule has 0 radical (unpaired) electrons. The largest absolute Gasteiger partial charge is 0.349 e. The van der Waals surface area contributed by atoms with E-state index in [1.165, 1.54) is 135 Å². The molecule has 1 aromatic rings. The quantitative estimate of drug-likeness (QED) is 0.0792. The highest BCUT2D eigenvalue weighted by atomic mass is 15.4. The van der Waals surface area contributed by atoms with E-state index in [1.54, 1.807) is 0 Å². The Morgan fingerprint density at radius 3 is 1.08 bits per heavy atom. The molecular weight excluding hydrogens is 869 g/mol. The zero-order valence-electron chi connectivity index (χ0n) is 50.8. The van der Waals surface area contributed by atoms with E-state index in [-0.39, 0.29) is 27.2 Å². The van der Waals surface area contributed by atoms with Crippen molar-refractivity contribution in [3.63, 3.8) is 0 Å². The van der Waals surface area contributed by atoms with Crippen molar-refractivity contribution >= 4 is 17.8 Å². The molecule has 0 amide bonds. The van der Waals surface area contributed by atoms with Gasteiger partial charge in [-0.15, -0.1) is 0 Å². The minimum Gasteiger partial charge on any atom is -0.349 e. The highest BCUT2D eigenvalue weighted by Crippen LogP contribution is 2.51. The molecule has 0 unspecified atom stereocenters. The van der Waals surface area contributed by atoms with Crippen molar-refractivity contribution in [3.8, 4) is 0 Å². The highest BCUT2D eigenvalue weighted by Gasteiger charge is 2.44. The number of nitrogens with one attached hydrogen (secondary N) is 3. The average Bonchev–Trinajstić information content (AvgIpc) is 3.15. The number of hydrogen-bond acceptors (Lipinski definition) is 8. The summed E-state index contributed by atoms with van der Waals surface area (Å²) in [5.74, 6) is 2.58. The van der Waals surface area contributed by atoms with Crippen LogP contribution >= 0.6 is 0 Å². The average molecular weight is 990 g/mol. The Kier molecular flexibility index (Phi) is 20.4. The molecular formula is C63H120N8. The van der Waals surface area contributed by atoms with Gasteiger partial charge in [-0.2, -0.15) is 15.0 Å². The van der Waals surface area contributed by atoms with Crippen LogP contribution in [0.1, 0.15) is 286 Å². The molecule has 8 heteroatoms. The first kappa shape index (κ1) is 60.2. The normalized spacial score (nSPS) is 24.2. The van der Waals surface area contributed by atoms with E-state index in [1.807, 2.05) is 0 Å². The van der Waals surface area contributed by atoms with E-state index in [2.05, 4.69) is 157 Å². The van der Waals surface area contributed by atoms with E-state index in [9.17, 15) is 0 Å². The standard InChI is InChI=1S/C63H120N8/c1-20-21-26-31-63(18,19)69-52-66-53(70(50-40-59(10,11)46-60(12,13)41-50)34-29-24-22-27-32-64-48-36-55(2,3)44-56(4,5)37-48)68-54(67-52)71(51-42-61(14,15)47-62(16,17)43-51)35-30-25-23-28-33-65-49-38-57(6,7)45-58(8,9)39-49/h48-51,64-65H,20-47H2,1-19H3,(H,66,67,68,69). The molecule has 1 aromatic heterocycles. The minimum absolute atomic E-state index is 0.126. The van der Waals surface area contributed by atoms with Crippen LogP contribution in [0, 0.1) is 43.3 Å². The Bertz CT molecular complexity index is 1590. The predicted octanol–water partition coefficient (Wildman–Crippen LogP) is 17.0. The van der Waals surface area contributed by atoms with Crippen LogP contribution in [-0.2, 0) is 0 Å². The van der Waals surface area contributed by atoms with E-state index in [4.69, 9.17) is 15.0 Å². The second kappa shape index (κ2) is 24.1. The Morgan fingerprint density at radius 2 is 0.746 bits per heavy atom. The third-order valence-corrected chi connectivity index (χ3v) is 17.6. The van der Waals surface area contributed by atoms with Gasteiger partial charge in [0.05, 0.1) is 0 Å². The molecule has 1 heterocycles. The Morgan fingerprint density at radius 1 is 0.423 bits per heavy atom. The molecule has 412 valence electrons. The third kappa shape index (κ3) is 20.4. The van der Waals surface area contributed by atoms with Gasteiger partial charge in [-0.25, -0.2) is 0 Å². The number of nitrogens with zero attached hydrogens (tertiary/aromatic N) is 5. The summed E-state index contributed by atoms with van der Waals surface area (Å²) in [5, 5.41) is 12.0. The molecule has 5 rings (SSSR count). The van der Waals surface area contributed by atoms with Gasteiger partial charge in [-0.1, -0.05) is 163 Å². The lowest BCUT2D eigenvalue weighted by Crippen LogP contribution is -2.49. The molecule has 0 spiro atoms. The first-order valence-electron chi connectivity index (χ1n) is 30.2. The van der Waals surface area contributed by atoms with Crippen molar-refractivity contribution < 1.29 is 0 Å². The van der Waals surface area contributed by atoms with E-state index in [0.29, 0.717) is 45.8 Å². The fourth-order valence-corrected chi connectivity index (χ4v) is 16.9. The van der Waals surface area contributed by atoms with Crippen molar-refractivity contribution in [2.24, 2.45) is 43.3 Å². The lowest BCUT2D eigenvalue weighted by atomic mass is 9.63. The van der Waals surface area contributed by atoms with Crippen LogP contribution in [0.4, 0.5) is 17.8 Å². The van der Waals surface area contributed by atoms with E-state index >= 15 is 0 Å². The molecule has 0 saturated heterocycles. The molecule has 4 aliphatic carbocycles. The zero-order valence-corrected chi connectivity index (χ0v) is 50.8.